The predicted molar refractivity (Wildman–Crippen MR) is 107 cm³/mol. The quantitative estimate of drug-likeness (QED) is 0.808. The number of carbonyl (C=O) groups excluding carboxylic acids is 2. The maximum atomic E-state index is 12.5. The van der Waals surface area contributed by atoms with Gasteiger partial charge in [0, 0.05) is 13.1 Å². The predicted octanol–water partition coefficient (Wildman–Crippen LogP) is 3.07. The molecule has 1 saturated heterocycles. The molecule has 0 radical (unpaired) electrons. The van der Waals surface area contributed by atoms with Crippen molar-refractivity contribution in [1.29, 1.82) is 0 Å². The summed E-state index contributed by atoms with van der Waals surface area (Å²) in [6, 6.07) is 18.1. The second-order valence-electron chi connectivity index (χ2n) is 7.01. The molecule has 29 heavy (non-hydrogen) atoms. The summed E-state index contributed by atoms with van der Waals surface area (Å²) in [5.74, 6) is 0. The number of amides is 2. The van der Waals surface area contributed by atoms with Crippen LogP contribution in [0.1, 0.15) is 24.0 Å². The van der Waals surface area contributed by atoms with E-state index in [2.05, 4.69) is 5.32 Å². The van der Waals surface area contributed by atoms with Gasteiger partial charge in [0.15, 0.2) is 0 Å². The molecule has 154 valence electrons. The molecule has 2 unspecified atom stereocenters. The second-order valence-corrected chi connectivity index (χ2v) is 7.01. The topological polar surface area (TPSA) is 88.1 Å². The smallest absolute Gasteiger partial charge is 0.410 e. The first-order valence-corrected chi connectivity index (χ1v) is 9.73. The maximum absolute atomic E-state index is 12.5. The van der Waals surface area contributed by atoms with Gasteiger partial charge in [-0.15, -0.1) is 0 Å². The van der Waals surface area contributed by atoms with Gasteiger partial charge in [-0.25, -0.2) is 9.59 Å². The highest BCUT2D eigenvalue weighted by molar-refractivity contribution is 5.69. The Bertz CT molecular complexity index is 784. The van der Waals surface area contributed by atoms with Gasteiger partial charge in [-0.1, -0.05) is 60.7 Å². The molecular formula is C22H26N2O5. The van der Waals surface area contributed by atoms with Gasteiger partial charge in [-0.05, 0) is 24.0 Å². The first-order chi connectivity index (χ1) is 14.1. The summed E-state index contributed by atoms with van der Waals surface area (Å²) in [7, 11) is 0. The number of nitrogens with one attached hydrogen (secondary N) is 1. The fourth-order valence-electron chi connectivity index (χ4n) is 3.18. The van der Waals surface area contributed by atoms with E-state index in [-0.39, 0.29) is 19.8 Å². The van der Waals surface area contributed by atoms with E-state index in [4.69, 9.17) is 9.47 Å². The average Bonchev–Trinajstić information content (AvgIpc) is 2.93. The Morgan fingerprint density at radius 2 is 1.55 bits per heavy atom. The number of alkyl carbamates (subject to hydrolysis) is 1. The third kappa shape index (κ3) is 6.50. The van der Waals surface area contributed by atoms with Crippen LogP contribution in [0.25, 0.3) is 0 Å². The van der Waals surface area contributed by atoms with Crippen molar-refractivity contribution in [3.8, 4) is 0 Å². The summed E-state index contributed by atoms with van der Waals surface area (Å²) in [4.78, 5) is 26.1. The van der Waals surface area contributed by atoms with Crippen molar-refractivity contribution in [2.75, 3.05) is 13.1 Å². The lowest BCUT2D eigenvalue weighted by molar-refractivity contribution is 0.0784. The molecule has 1 heterocycles. The molecule has 2 amide bonds. The van der Waals surface area contributed by atoms with Crippen LogP contribution in [-0.4, -0.2) is 47.4 Å². The Morgan fingerprint density at radius 1 is 0.966 bits per heavy atom. The van der Waals surface area contributed by atoms with Crippen LogP contribution in [0.5, 0.6) is 0 Å². The summed E-state index contributed by atoms with van der Waals surface area (Å²) in [5.41, 5.74) is 1.77. The van der Waals surface area contributed by atoms with Crippen LogP contribution in [-0.2, 0) is 22.7 Å². The van der Waals surface area contributed by atoms with Crippen LogP contribution in [0.4, 0.5) is 9.59 Å². The molecule has 3 rings (SSSR count). The largest absolute Gasteiger partial charge is 0.445 e. The Labute approximate surface area is 170 Å². The zero-order valence-electron chi connectivity index (χ0n) is 16.2. The molecule has 0 bridgehead atoms. The maximum Gasteiger partial charge on any atom is 0.410 e. The second kappa shape index (κ2) is 10.5. The van der Waals surface area contributed by atoms with E-state index in [1.54, 1.807) is 0 Å². The number of likely N-dealkylation sites (tertiary alicyclic amines) is 1. The molecule has 2 aromatic carbocycles. The number of carbonyl (C=O) groups is 2. The lowest BCUT2D eigenvalue weighted by atomic mass is 10.1. The van der Waals surface area contributed by atoms with Gasteiger partial charge in [0.2, 0.25) is 0 Å². The fraction of sp³-hybridized carbons (Fsp3) is 0.364. The molecule has 1 fully saturated rings. The number of hydrogen-bond donors (Lipinski definition) is 2. The van der Waals surface area contributed by atoms with E-state index in [1.807, 2.05) is 60.7 Å². The molecule has 7 nitrogen and oxygen atoms in total. The molecule has 1 aliphatic rings. The molecular weight excluding hydrogens is 372 g/mol. The average molecular weight is 398 g/mol. The highest BCUT2D eigenvalue weighted by Gasteiger charge is 2.30. The van der Waals surface area contributed by atoms with Gasteiger partial charge < -0.3 is 24.8 Å². The first-order valence-electron chi connectivity index (χ1n) is 9.73. The Balaban J connectivity index is 1.51. The van der Waals surface area contributed by atoms with Crippen LogP contribution < -0.4 is 5.32 Å². The van der Waals surface area contributed by atoms with E-state index >= 15 is 0 Å². The highest BCUT2D eigenvalue weighted by Crippen LogP contribution is 2.14. The number of rotatable bonds is 5. The van der Waals surface area contributed by atoms with E-state index < -0.39 is 24.3 Å². The summed E-state index contributed by atoms with van der Waals surface area (Å²) >= 11 is 0. The summed E-state index contributed by atoms with van der Waals surface area (Å²) in [6.07, 6.45) is -0.749. The van der Waals surface area contributed by atoms with Crippen LogP contribution in [0.15, 0.2) is 60.7 Å². The minimum atomic E-state index is -0.758. The number of benzene rings is 2. The zero-order chi connectivity index (χ0) is 20.5. The van der Waals surface area contributed by atoms with Gasteiger partial charge in [-0.3, -0.25) is 0 Å². The number of aliphatic hydroxyl groups is 1. The standard InChI is InChI=1S/C22H26N2O5/c25-20-12-7-13-24(22(27)29-16-18-10-5-2-6-11-18)14-19(20)23-21(26)28-15-17-8-3-1-4-9-17/h1-6,8-11,19-20,25H,7,12-16H2,(H,23,26). The lowest BCUT2D eigenvalue weighted by Gasteiger charge is -2.26. The third-order valence-electron chi connectivity index (χ3n) is 4.79. The molecule has 2 N–H and O–H groups in total. The summed E-state index contributed by atoms with van der Waals surface area (Å²) in [6.45, 7) is 0.936. The van der Waals surface area contributed by atoms with Gasteiger partial charge >= 0.3 is 12.2 Å². The minimum absolute atomic E-state index is 0.137. The molecule has 2 atom stereocenters. The fourth-order valence-corrected chi connectivity index (χ4v) is 3.18. The Morgan fingerprint density at radius 3 is 2.17 bits per heavy atom. The van der Waals surface area contributed by atoms with Crippen molar-refractivity contribution in [2.24, 2.45) is 0 Å². The van der Waals surface area contributed by atoms with E-state index in [1.165, 1.54) is 4.90 Å². The molecule has 0 aliphatic carbocycles. The lowest BCUT2D eigenvalue weighted by Crippen LogP contribution is -2.50. The van der Waals surface area contributed by atoms with Gasteiger partial charge in [0.25, 0.3) is 0 Å². The minimum Gasteiger partial charge on any atom is -0.445 e. The number of aliphatic hydroxyl groups excluding tert-OH is 1. The van der Waals surface area contributed by atoms with Crippen molar-refractivity contribution in [3.63, 3.8) is 0 Å². The van der Waals surface area contributed by atoms with Gasteiger partial charge in [-0.2, -0.15) is 0 Å². The molecule has 0 spiro atoms. The Hall–Kier alpha value is -3.06. The first kappa shape index (κ1) is 20.7. The van der Waals surface area contributed by atoms with Crippen molar-refractivity contribution in [1.82, 2.24) is 10.2 Å². The highest BCUT2D eigenvalue weighted by atomic mass is 16.6. The Kier molecular flexibility index (Phi) is 7.47. The number of nitrogens with zero attached hydrogens (tertiary/aromatic N) is 1. The van der Waals surface area contributed by atoms with Crippen LogP contribution in [0, 0.1) is 0 Å². The van der Waals surface area contributed by atoms with Crippen molar-refractivity contribution < 1.29 is 24.2 Å². The molecule has 2 aromatic rings. The van der Waals surface area contributed by atoms with Crippen LogP contribution in [0.3, 0.4) is 0 Å². The van der Waals surface area contributed by atoms with Gasteiger partial charge in [0.1, 0.15) is 13.2 Å². The van der Waals surface area contributed by atoms with E-state index in [9.17, 15) is 14.7 Å². The van der Waals surface area contributed by atoms with Crippen molar-refractivity contribution in [2.45, 2.75) is 38.2 Å². The normalized spacial score (nSPS) is 19.1. The number of hydrogen-bond acceptors (Lipinski definition) is 5. The molecule has 0 aromatic heterocycles. The molecule has 1 aliphatic heterocycles. The summed E-state index contributed by atoms with van der Waals surface area (Å²) in [5, 5.41) is 13.0. The molecule has 0 saturated carbocycles. The van der Waals surface area contributed by atoms with E-state index in [0.717, 1.165) is 11.1 Å². The van der Waals surface area contributed by atoms with Gasteiger partial charge in [0.05, 0.1) is 12.1 Å². The third-order valence-corrected chi connectivity index (χ3v) is 4.79. The molecule has 7 heteroatoms. The number of ether oxygens (including phenoxy) is 2. The van der Waals surface area contributed by atoms with Crippen molar-refractivity contribution in [3.05, 3.63) is 71.8 Å². The SMILES string of the molecule is O=C(NC1CN(C(=O)OCc2ccccc2)CCCC1O)OCc1ccccc1. The van der Waals surface area contributed by atoms with Crippen molar-refractivity contribution >= 4 is 12.2 Å². The van der Waals surface area contributed by atoms with Crippen LogP contribution >= 0.6 is 0 Å². The zero-order valence-corrected chi connectivity index (χ0v) is 16.2. The monoisotopic (exact) mass is 398 g/mol. The summed E-state index contributed by atoms with van der Waals surface area (Å²) < 4.78 is 10.6. The van der Waals surface area contributed by atoms with E-state index in [0.29, 0.717) is 19.4 Å². The van der Waals surface area contributed by atoms with Crippen LogP contribution in [0.2, 0.25) is 0 Å².